The van der Waals surface area contributed by atoms with E-state index in [4.69, 9.17) is 16.3 Å². The second kappa shape index (κ2) is 3.87. The number of ether oxygens (including phenoxy) is 1. The summed E-state index contributed by atoms with van der Waals surface area (Å²) >= 11 is 5.62. The van der Waals surface area contributed by atoms with E-state index in [-0.39, 0.29) is 16.5 Å². The molecule has 72 valence electrons. The third-order valence-corrected chi connectivity index (χ3v) is 2.06. The number of rotatable bonds is 2. The van der Waals surface area contributed by atoms with E-state index in [0.29, 0.717) is 5.69 Å². The average molecular weight is 208 g/mol. The standard InChI is InChI=1S/C8H8ClF2NO/c1-4-7(9)5(8(10)11)3-6(12-4)13-2/h3,8H,1-2H3. The molecule has 0 aliphatic rings. The Morgan fingerprint density at radius 1 is 1.54 bits per heavy atom. The summed E-state index contributed by atoms with van der Waals surface area (Å²) in [5.41, 5.74) is 0.0994. The lowest BCUT2D eigenvalue weighted by atomic mass is 10.2. The Morgan fingerprint density at radius 3 is 2.62 bits per heavy atom. The number of hydrogen-bond donors (Lipinski definition) is 0. The van der Waals surface area contributed by atoms with E-state index < -0.39 is 6.43 Å². The smallest absolute Gasteiger partial charge is 0.265 e. The van der Waals surface area contributed by atoms with Gasteiger partial charge in [-0.2, -0.15) is 0 Å². The van der Waals surface area contributed by atoms with Crippen LogP contribution in [0, 0.1) is 6.92 Å². The van der Waals surface area contributed by atoms with Crippen molar-refractivity contribution in [2.45, 2.75) is 13.3 Å². The number of hydrogen-bond acceptors (Lipinski definition) is 2. The van der Waals surface area contributed by atoms with Gasteiger partial charge in [0, 0.05) is 11.6 Å². The molecule has 1 aromatic heterocycles. The van der Waals surface area contributed by atoms with Gasteiger partial charge in [0.2, 0.25) is 5.88 Å². The van der Waals surface area contributed by atoms with E-state index in [9.17, 15) is 8.78 Å². The molecular formula is C8H8ClF2NO. The van der Waals surface area contributed by atoms with Crippen molar-refractivity contribution < 1.29 is 13.5 Å². The van der Waals surface area contributed by atoms with Crippen molar-refractivity contribution in [2.24, 2.45) is 0 Å². The molecule has 0 radical (unpaired) electrons. The van der Waals surface area contributed by atoms with Gasteiger partial charge in [-0.3, -0.25) is 0 Å². The topological polar surface area (TPSA) is 22.1 Å². The molecule has 0 aromatic carbocycles. The highest BCUT2D eigenvalue weighted by Gasteiger charge is 2.16. The van der Waals surface area contributed by atoms with Crippen LogP contribution in [0.3, 0.4) is 0 Å². The minimum Gasteiger partial charge on any atom is -0.481 e. The largest absolute Gasteiger partial charge is 0.481 e. The summed E-state index contributed by atoms with van der Waals surface area (Å²) in [6.07, 6.45) is -2.61. The molecule has 0 aliphatic carbocycles. The molecule has 0 saturated heterocycles. The third-order valence-electron chi connectivity index (χ3n) is 1.57. The molecule has 1 rings (SSSR count). The molecule has 5 heteroatoms. The summed E-state index contributed by atoms with van der Waals surface area (Å²) in [5, 5.41) is -0.00389. The van der Waals surface area contributed by atoms with Gasteiger partial charge in [-0.1, -0.05) is 11.6 Å². The second-order valence-electron chi connectivity index (χ2n) is 2.45. The molecule has 0 amide bonds. The fourth-order valence-corrected chi connectivity index (χ4v) is 1.09. The molecular weight excluding hydrogens is 200 g/mol. The van der Waals surface area contributed by atoms with E-state index in [0.717, 1.165) is 6.07 Å². The summed E-state index contributed by atoms with van der Waals surface area (Å²) in [5.74, 6) is 0.150. The monoisotopic (exact) mass is 207 g/mol. The lowest BCUT2D eigenvalue weighted by molar-refractivity contribution is 0.151. The zero-order chi connectivity index (χ0) is 10.0. The SMILES string of the molecule is COc1cc(C(F)F)c(Cl)c(C)n1. The summed E-state index contributed by atoms with van der Waals surface area (Å²) in [7, 11) is 1.37. The Labute approximate surface area is 79.5 Å². The van der Waals surface area contributed by atoms with Crippen LogP contribution in [0.1, 0.15) is 17.7 Å². The number of pyridine rings is 1. The highest BCUT2D eigenvalue weighted by Crippen LogP contribution is 2.31. The number of aromatic nitrogens is 1. The van der Waals surface area contributed by atoms with Gasteiger partial charge in [-0.25, -0.2) is 13.8 Å². The molecule has 1 aromatic rings. The van der Waals surface area contributed by atoms with Crippen molar-refractivity contribution in [3.63, 3.8) is 0 Å². The van der Waals surface area contributed by atoms with Crippen molar-refractivity contribution in [1.82, 2.24) is 4.98 Å². The number of aryl methyl sites for hydroxylation is 1. The minimum atomic E-state index is -2.61. The van der Waals surface area contributed by atoms with Gasteiger partial charge in [-0.15, -0.1) is 0 Å². The summed E-state index contributed by atoms with van der Waals surface area (Å²) < 4.78 is 29.5. The first-order valence-electron chi connectivity index (χ1n) is 3.55. The lowest BCUT2D eigenvalue weighted by Crippen LogP contribution is -1.96. The number of methoxy groups -OCH3 is 1. The second-order valence-corrected chi connectivity index (χ2v) is 2.83. The van der Waals surface area contributed by atoms with E-state index in [1.807, 2.05) is 0 Å². The van der Waals surface area contributed by atoms with Crippen LogP contribution in [-0.4, -0.2) is 12.1 Å². The van der Waals surface area contributed by atoms with E-state index in [2.05, 4.69) is 4.98 Å². The predicted molar refractivity (Wildman–Crippen MR) is 45.5 cm³/mol. The Bertz CT molecular complexity index is 317. The fourth-order valence-electron chi connectivity index (χ4n) is 0.915. The third kappa shape index (κ3) is 2.06. The molecule has 0 N–H and O–H groups in total. The van der Waals surface area contributed by atoms with Gasteiger partial charge in [0.1, 0.15) is 0 Å². The molecule has 13 heavy (non-hydrogen) atoms. The maximum Gasteiger partial charge on any atom is 0.265 e. The van der Waals surface area contributed by atoms with Gasteiger partial charge < -0.3 is 4.74 Å². The molecule has 0 bridgehead atoms. The van der Waals surface area contributed by atoms with Crippen molar-refractivity contribution >= 4 is 11.6 Å². The van der Waals surface area contributed by atoms with E-state index >= 15 is 0 Å². The average Bonchev–Trinajstić information content (AvgIpc) is 2.09. The zero-order valence-electron chi connectivity index (χ0n) is 7.14. The van der Waals surface area contributed by atoms with Crippen molar-refractivity contribution in [3.05, 3.63) is 22.3 Å². The fraction of sp³-hybridized carbons (Fsp3) is 0.375. The van der Waals surface area contributed by atoms with Crippen LogP contribution in [0.4, 0.5) is 8.78 Å². The number of alkyl halides is 2. The Kier molecular flexibility index (Phi) is 3.03. The molecule has 0 atom stereocenters. The maximum atomic E-state index is 12.4. The van der Waals surface area contributed by atoms with Crippen molar-refractivity contribution in [2.75, 3.05) is 7.11 Å². The van der Waals surface area contributed by atoms with E-state index in [1.54, 1.807) is 6.92 Å². The quantitative estimate of drug-likeness (QED) is 0.744. The van der Waals surface area contributed by atoms with Gasteiger partial charge >= 0.3 is 0 Å². The van der Waals surface area contributed by atoms with Crippen molar-refractivity contribution in [3.8, 4) is 5.88 Å². The normalized spacial score (nSPS) is 10.6. The summed E-state index contributed by atoms with van der Waals surface area (Å²) in [4.78, 5) is 3.85. The van der Waals surface area contributed by atoms with Gasteiger partial charge in [-0.05, 0) is 6.92 Å². The van der Waals surface area contributed by atoms with Gasteiger partial charge in [0.15, 0.2) is 0 Å². The Balaban J connectivity index is 3.25. The summed E-state index contributed by atoms with van der Waals surface area (Å²) in [6.45, 7) is 1.55. The summed E-state index contributed by atoms with van der Waals surface area (Å²) in [6, 6.07) is 1.14. The van der Waals surface area contributed by atoms with E-state index in [1.165, 1.54) is 7.11 Å². The first kappa shape index (κ1) is 10.2. The zero-order valence-corrected chi connectivity index (χ0v) is 7.90. The van der Waals surface area contributed by atoms with Crippen LogP contribution in [0.2, 0.25) is 5.02 Å². The van der Waals surface area contributed by atoms with Crippen LogP contribution in [0.15, 0.2) is 6.07 Å². The minimum absolute atomic E-state index is 0.00389. The highest BCUT2D eigenvalue weighted by molar-refractivity contribution is 6.32. The molecule has 1 heterocycles. The Morgan fingerprint density at radius 2 is 2.15 bits per heavy atom. The first-order chi connectivity index (χ1) is 6.06. The van der Waals surface area contributed by atoms with Crippen molar-refractivity contribution in [1.29, 1.82) is 0 Å². The van der Waals surface area contributed by atoms with Crippen LogP contribution < -0.4 is 4.74 Å². The number of nitrogens with zero attached hydrogens (tertiary/aromatic N) is 1. The molecule has 0 spiro atoms. The molecule has 2 nitrogen and oxygen atoms in total. The Hall–Kier alpha value is -0.900. The molecule has 0 saturated carbocycles. The van der Waals surface area contributed by atoms with Gasteiger partial charge in [0.25, 0.3) is 6.43 Å². The van der Waals surface area contributed by atoms with Crippen LogP contribution in [-0.2, 0) is 0 Å². The predicted octanol–water partition coefficient (Wildman–Crippen LogP) is 2.99. The van der Waals surface area contributed by atoms with Crippen LogP contribution in [0.25, 0.3) is 0 Å². The highest BCUT2D eigenvalue weighted by atomic mass is 35.5. The van der Waals surface area contributed by atoms with Crippen LogP contribution in [0.5, 0.6) is 5.88 Å². The van der Waals surface area contributed by atoms with Crippen LogP contribution >= 0.6 is 11.6 Å². The molecule has 0 fully saturated rings. The lowest BCUT2D eigenvalue weighted by Gasteiger charge is -2.07. The first-order valence-corrected chi connectivity index (χ1v) is 3.93. The maximum absolute atomic E-state index is 12.4. The molecule has 0 unspecified atom stereocenters. The number of halogens is 3. The molecule has 0 aliphatic heterocycles. The van der Waals surface area contributed by atoms with Gasteiger partial charge in [0.05, 0.1) is 17.8 Å².